The Morgan fingerprint density at radius 2 is 1.71 bits per heavy atom. The molecule has 0 aliphatic rings. The number of hydrogen-bond acceptors (Lipinski definition) is 6. The first-order valence-electron chi connectivity index (χ1n) is 4.88. The molecule has 0 bridgehead atoms. The van der Waals surface area contributed by atoms with E-state index in [0.717, 1.165) is 14.2 Å². The van der Waals surface area contributed by atoms with Gasteiger partial charge in [-0.05, 0) is 5.92 Å². The van der Waals surface area contributed by atoms with Gasteiger partial charge in [0.25, 0.3) is 0 Å². The Hall–Kier alpha value is -1.15. The summed E-state index contributed by atoms with van der Waals surface area (Å²) in [5.74, 6) is -2.72. The highest BCUT2D eigenvalue weighted by Crippen LogP contribution is 2.05. The quantitative estimate of drug-likeness (QED) is 0.637. The monoisotopic (exact) mass is 267 g/mol. The minimum atomic E-state index is -3.92. The van der Waals surface area contributed by atoms with E-state index in [4.69, 9.17) is 0 Å². The molecule has 0 aliphatic carbocycles. The average Bonchev–Trinajstić information content (AvgIpc) is 2.23. The van der Waals surface area contributed by atoms with Crippen molar-refractivity contribution < 1.29 is 27.5 Å². The molecule has 1 unspecified atom stereocenters. The fourth-order valence-corrected chi connectivity index (χ4v) is 2.30. The Labute approximate surface area is 101 Å². The number of sulfonamides is 1. The van der Waals surface area contributed by atoms with E-state index in [9.17, 15) is 18.0 Å². The van der Waals surface area contributed by atoms with Gasteiger partial charge in [-0.25, -0.2) is 13.1 Å². The summed E-state index contributed by atoms with van der Waals surface area (Å²) < 4.78 is 33.8. The third-order valence-electron chi connectivity index (χ3n) is 1.96. The van der Waals surface area contributed by atoms with E-state index in [1.807, 2.05) is 0 Å². The van der Waals surface area contributed by atoms with Gasteiger partial charge in [0.1, 0.15) is 6.04 Å². The summed E-state index contributed by atoms with van der Waals surface area (Å²) in [6.07, 6.45) is 0. The van der Waals surface area contributed by atoms with Crippen LogP contribution >= 0.6 is 0 Å². The minimum absolute atomic E-state index is 0.296. The van der Waals surface area contributed by atoms with Crippen molar-refractivity contribution >= 4 is 22.0 Å². The first kappa shape index (κ1) is 15.9. The summed E-state index contributed by atoms with van der Waals surface area (Å²) in [4.78, 5) is 22.2. The molecule has 7 nitrogen and oxygen atoms in total. The highest BCUT2D eigenvalue weighted by molar-refractivity contribution is 7.90. The number of nitrogens with one attached hydrogen (secondary N) is 1. The molecule has 0 saturated heterocycles. The lowest BCUT2D eigenvalue weighted by molar-refractivity contribution is -0.144. The van der Waals surface area contributed by atoms with Crippen LogP contribution in [0, 0.1) is 5.92 Å². The van der Waals surface area contributed by atoms with Gasteiger partial charge >= 0.3 is 11.9 Å². The molecule has 0 aromatic heterocycles. The molecule has 0 amide bonds. The number of esters is 2. The van der Waals surface area contributed by atoms with Gasteiger partial charge in [-0.3, -0.25) is 9.59 Å². The number of carbonyl (C=O) groups excluding carboxylic acids is 2. The Morgan fingerprint density at radius 1 is 1.18 bits per heavy atom. The number of ether oxygens (including phenoxy) is 2. The maximum atomic E-state index is 11.5. The van der Waals surface area contributed by atoms with E-state index in [-0.39, 0.29) is 5.92 Å². The average molecular weight is 267 g/mol. The lowest BCUT2D eigenvalue weighted by Gasteiger charge is -2.19. The predicted molar refractivity (Wildman–Crippen MR) is 59.6 cm³/mol. The van der Waals surface area contributed by atoms with Gasteiger partial charge < -0.3 is 9.47 Å². The Bertz CT molecular complexity index is 375. The van der Waals surface area contributed by atoms with Crippen LogP contribution in [0.2, 0.25) is 0 Å². The van der Waals surface area contributed by atoms with Crippen LogP contribution in [0.5, 0.6) is 0 Å². The molecule has 17 heavy (non-hydrogen) atoms. The first-order chi connectivity index (χ1) is 7.73. The second kappa shape index (κ2) is 6.55. The third kappa shape index (κ3) is 5.64. The van der Waals surface area contributed by atoms with Crippen LogP contribution in [-0.4, -0.2) is 46.4 Å². The molecule has 100 valence electrons. The molecular formula is C9H17NO6S. The van der Waals surface area contributed by atoms with Crippen molar-refractivity contribution in [2.24, 2.45) is 5.92 Å². The first-order valence-corrected chi connectivity index (χ1v) is 6.53. The Balaban J connectivity index is 4.76. The molecule has 0 aromatic rings. The second-order valence-corrected chi connectivity index (χ2v) is 5.45. The Kier molecular flexibility index (Phi) is 6.11. The van der Waals surface area contributed by atoms with Crippen LogP contribution in [0.25, 0.3) is 0 Å². The zero-order valence-electron chi connectivity index (χ0n) is 10.2. The van der Waals surface area contributed by atoms with E-state index in [1.54, 1.807) is 13.8 Å². The van der Waals surface area contributed by atoms with E-state index in [1.165, 1.54) is 0 Å². The third-order valence-corrected chi connectivity index (χ3v) is 3.19. The van der Waals surface area contributed by atoms with Crippen molar-refractivity contribution in [3.63, 3.8) is 0 Å². The molecular weight excluding hydrogens is 250 g/mol. The summed E-state index contributed by atoms with van der Waals surface area (Å²) in [5, 5.41) is 0. The van der Waals surface area contributed by atoms with E-state index in [2.05, 4.69) is 14.2 Å². The SMILES string of the molecule is COC(=O)CS(=O)(=O)NC(C(=O)OC)C(C)C. The van der Waals surface area contributed by atoms with Crippen molar-refractivity contribution in [1.29, 1.82) is 0 Å². The minimum Gasteiger partial charge on any atom is -0.468 e. The maximum Gasteiger partial charge on any atom is 0.324 e. The van der Waals surface area contributed by atoms with Crippen molar-refractivity contribution in [3.05, 3.63) is 0 Å². The molecule has 0 rings (SSSR count). The summed E-state index contributed by atoms with van der Waals surface area (Å²) in [7, 11) is -1.68. The van der Waals surface area contributed by atoms with E-state index in [0.29, 0.717) is 0 Å². The zero-order chi connectivity index (χ0) is 13.6. The number of carbonyl (C=O) groups is 2. The van der Waals surface area contributed by atoms with E-state index < -0.39 is 33.8 Å². The summed E-state index contributed by atoms with van der Waals surface area (Å²) in [6, 6.07) is -1.02. The van der Waals surface area contributed by atoms with Crippen LogP contribution < -0.4 is 4.72 Å². The van der Waals surface area contributed by atoms with Crippen LogP contribution in [0.3, 0.4) is 0 Å². The molecule has 0 radical (unpaired) electrons. The lowest BCUT2D eigenvalue weighted by Crippen LogP contribution is -2.46. The fourth-order valence-electron chi connectivity index (χ4n) is 1.03. The molecule has 1 N–H and O–H groups in total. The summed E-state index contributed by atoms with van der Waals surface area (Å²) >= 11 is 0. The molecule has 0 spiro atoms. The van der Waals surface area contributed by atoms with Crippen molar-refractivity contribution in [1.82, 2.24) is 4.72 Å². The van der Waals surface area contributed by atoms with Gasteiger partial charge in [0.05, 0.1) is 14.2 Å². The van der Waals surface area contributed by atoms with Crippen molar-refractivity contribution in [2.75, 3.05) is 20.0 Å². The van der Waals surface area contributed by atoms with Gasteiger partial charge in [0.2, 0.25) is 10.0 Å². The molecule has 8 heteroatoms. The summed E-state index contributed by atoms with van der Waals surface area (Å²) in [6.45, 7) is 3.31. The van der Waals surface area contributed by atoms with Gasteiger partial charge in [0.15, 0.2) is 5.75 Å². The van der Waals surface area contributed by atoms with Crippen LogP contribution in [0.4, 0.5) is 0 Å². The van der Waals surface area contributed by atoms with Gasteiger partial charge in [-0.2, -0.15) is 0 Å². The molecule has 0 aliphatic heterocycles. The Morgan fingerprint density at radius 3 is 2.06 bits per heavy atom. The maximum absolute atomic E-state index is 11.5. The summed E-state index contributed by atoms with van der Waals surface area (Å²) in [5.41, 5.74) is 0. The van der Waals surface area contributed by atoms with Gasteiger partial charge in [-0.1, -0.05) is 13.8 Å². The number of rotatable bonds is 6. The van der Waals surface area contributed by atoms with Crippen LogP contribution in [0.1, 0.15) is 13.8 Å². The normalized spacial score (nSPS) is 13.2. The fraction of sp³-hybridized carbons (Fsp3) is 0.778. The highest BCUT2D eigenvalue weighted by atomic mass is 32.2. The molecule has 1 atom stereocenters. The standard InChI is InChI=1S/C9H17NO6S/c1-6(2)8(9(12)16-4)10-17(13,14)5-7(11)15-3/h6,8,10H,5H2,1-4H3. The largest absolute Gasteiger partial charge is 0.468 e. The molecule has 0 aromatic carbocycles. The number of hydrogen-bond donors (Lipinski definition) is 1. The van der Waals surface area contributed by atoms with Gasteiger partial charge in [-0.15, -0.1) is 0 Å². The lowest BCUT2D eigenvalue weighted by atomic mass is 10.1. The van der Waals surface area contributed by atoms with Crippen molar-refractivity contribution in [3.8, 4) is 0 Å². The highest BCUT2D eigenvalue weighted by Gasteiger charge is 2.29. The smallest absolute Gasteiger partial charge is 0.324 e. The van der Waals surface area contributed by atoms with Crippen LogP contribution in [-0.2, 0) is 29.1 Å². The molecule has 0 heterocycles. The van der Waals surface area contributed by atoms with E-state index >= 15 is 0 Å². The van der Waals surface area contributed by atoms with Crippen molar-refractivity contribution in [2.45, 2.75) is 19.9 Å². The topological polar surface area (TPSA) is 98.8 Å². The number of methoxy groups -OCH3 is 2. The molecule has 0 saturated carbocycles. The molecule has 0 fully saturated rings. The second-order valence-electron chi connectivity index (χ2n) is 3.70. The predicted octanol–water partition coefficient (Wildman–Crippen LogP) is -0.724. The van der Waals surface area contributed by atoms with Crippen LogP contribution in [0.15, 0.2) is 0 Å². The zero-order valence-corrected chi connectivity index (χ0v) is 11.0. The van der Waals surface area contributed by atoms with Gasteiger partial charge in [0, 0.05) is 0 Å².